The van der Waals surface area contributed by atoms with Crippen LogP contribution in [-0.4, -0.2) is 48.3 Å². The van der Waals surface area contributed by atoms with E-state index in [1.807, 2.05) is 0 Å². The van der Waals surface area contributed by atoms with E-state index < -0.39 is 0 Å². The van der Waals surface area contributed by atoms with Gasteiger partial charge in [0, 0.05) is 19.2 Å². The Kier molecular flexibility index (Phi) is 11.6. The number of rotatable bonds is 11. The molecule has 1 unspecified atom stereocenters. The lowest BCUT2D eigenvalue weighted by atomic mass is 10.2. The van der Waals surface area contributed by atoms with Crippen LogP contribution in [0.5, 0.6) is 0 Å². The minimum Gasteiger partial charge on any atom is -0.461 e. The van der Waals surface area contributed by atoms with Crippen LogP contribution < -0.4 is 0 Å². The van der Waals surface area contributed by atoms with E-state index in [-0.39, 0.29) is 12.1 Å². The minimum atomic E-state index is -0.350. The number of carbonyl (C=O) groups is 1. The van der Waals surface area contributed by atoms with Crippen LogP contribution >= 0.6 is 0 Å². The molecule has 0 amide bonds. The molecule has 4 nitrogen and oxygen atoms in total. The van der Waals surface area contributed by atoms with Crippen LogP contribution in [0.2, 0.25) is 0 Å². The molecule has 19 heavy (non-hydrogen) atoms. The molecule has 0 aliphatic carbocycles. The fourth-order valence-electron chi connectivity index (χ4n) is 1.89. The third-order valence-corrected chi connectivity index (χ3v) is 2.80. The highest BCUT2D eigenvalue weighted by molar-refractivity contribution is 5.81. The van der Waals surface area contributed by atoms with Gasteiger partial charge in [-0.1, -0.05) is 32.3 Å². The van der Waals surface area contributed by atoms with Gasteiger partial charge in [-0.2, -0.15) is 0 Å². The molecule has 0 fully saturated rings. The molecular formula is C15H29NO3. The van der Waals surface area contributed by atoms with Gasteiger partial charge < -0.3 is 9.84 Å². The summed E-state index contributed by atoms with van der Waals surface area (Å²) < 4.78 is 5.07. The molecule has 0 spiro atoms. The zero-order valence-electron chi connectivity index (χ0n) is 12.6. The summed E-state index contributed by atoms with van der Waals surface area (Å²) in [5, 5.41) is 9.46. The number of hydrogen-bond donors (Lipinski definition) is 1. The maximum atomic E-state index is 11.2. The van der Waals surface area contributed by atoms with Crippen LogP contribution in [0.4, 0.5) is 0 Å². The zero-order chi connectivity index (χ0) is 14.5. The van der Waals surface area contributed by atoms with Crippen LogP contribution in [0.15, 0.2) is 12.2 Å². The average molecular weight is 271 g/mol. The first-order valence-electron chi connectivity index (χ1n) is 7.30. The molecule has 4 heteroatoms. The third kappa shape index (κ3) is 11.9. The van der Waals surface area contributed by atoms with Crippen molar-refractivity contribution in [1.29, 1.82) is 0 Å². The summed E-state index contributed by atoms with van der Waals surface area (Å²) in [6, 6.07) is 0. The Hall–Kier alpha value is -0.870. The van der Waals surface area contributed by atoms with Crippen LogP contribution in [0.3, 0.4) is 0 Å². The van der Waals surface area contributed by atoms with E-state index in [9.17, 15) is 9.90 Å². The maximum Gasteiger partial charge on any atom is 0.330 e. The normalized spacial score (nSPS) is 13.1. The fraction of sp³-hybridized carbons (Fsp3) is 0.800. The molecule has 0 heterocycles. The Morgan fingerprint density at radius 1 is 1.32 bits per heavy atom. The predicted octanol–water partition coefficient (Wildman–Crippen LogP) is 2.37. The van der Waals surface area contributed by atoms with Crippen LogP contribution in [0, 0.1) is 0 Å². The van der Waals surface area contributed by atoms with Crippen molar-refractivity contribution in [2.24, 2.45) is 0 Å². The Balaban J connectivity index is 3.88. The first-order chi connectivity index (χ1) is 9.10. The Morgan fingerprint density at radius 2 is 2.05 bits per heavy atom. The summed E-state index contributed by atoms with van der Waals surface area (Å²) in [4.78, 5) is 13.3. The smallest absolute Gasteiger partial charge is 0.330 e. The summed E-state index contributed by atoms with van der Waals surface area (Å²) in [5.41, 5.74) is 0. The van der Waals surface area contributed by atoms with Gasteiger partial charge in [-0.05, 0) is 26.8 Å². The van der Waals surface area contributed by atoms with Gasteiger partial charge in [0.2, 0.25) is 0 Å². The molecule has 112 valence electrons. The summed E-state index contributed by atoms with van der Waals surface area (Å²) in [5.74, 6) is -0.300. The quantitative estimate of drug-likeness (QED) is 0.356. The number of nitrogens with zero attached hydrogens (tertiary/aromatic N) is 1. The number of unbranched alkanes of at least 4 members (excludes halogenated alkanes) is 3. The van der Waals surface area contributed by atoms with Gasteiger partial charge in [-0.25, -0.2) is 4.79 Å². The number of carbonyl (C=O) groups excluding carboxylic acids is 1. The molecule has 0 aliphatic heterocycles. The topological polar surface area (TPSA) is 49.8 Å². The molecule has 1 atom stereocenters. The Morgan fingerprint density at radius 3 is 2.63 bits per heavy atom. The lowest BCUT2D eigenvalue weighted by Crippen LogP contribution is -2.35. The van der Waals surface area contributed by atoms with Gasteiger partial charge >= 0.3 is 5.97 Å². The van der Waals surface area contributed by atoms with Gasteiger partial charge in [0.15, 0.2) is 0 Å². The zero-order valence-corrected chi connectivity index (χ0v) is 12.6. The number of aliphatic hydroxyl groups excluding tert-OH is 1. The van der Waals surface area contributed by atoms with E-state index in [0.717, 1.165) is 13.0 Å². The number of allylic oxidation sites excluding steroid dienone is 1. The van der Waals surface area contributed by atoms with Crippen molar-refractivity contribution in [3.8, 4) is 0 Å². The molecule has 0 saturated heterocycles. The number of hydrogen-bond acceptors (Lipinski definition) is 4. The van der Waals surface area contributed by atoms with Gasteiger partial charge in [0.1, 0.15) is 6.61 Å². The van der Waals surface area contributed by atoms with E-state index in [1.165, 1.54) is 25.3 Å². The molecule has 1 N–H and O–H groups in total. The van der Waals surface area contributed by atoms with E-state index in [0.29, 0.717) is 19.7 Å². The SMILES string of the molecule is C/C=C/C(=O)OCCN(CCCCCC)CC(C)O. The summed E-state index contributed by atoms with van der Waals surface area (Å²) in [6.07, 6.45) is 7.54. The second kappa shape index (κ2) is 12.2. The van der Waals surface area contributed by atoms with E-state index in [1.54, 1.807) is 19.9 Å². The standard InChI is InChI=1S/C15H29NO3/c1-4-6-7-8-10-16(13-14(3)17)11-12-19-15(18)9-5-2/h5,9,14,17H,4,6-8,10-13H2,1-3H3/b9-5+. The molecule has 0 aromatic rings. The summed E-state index contributed by atoms with van der Waals surface area (Å²) >= 11 is 0. The van der Waals surface area contributed by atoms with E-state index in [2.05, 4.69) is 11.8 Å². The monoisotopic (exact) mass is 271 g/mol. The molecule has 0 aromatic heterocycles. The molecule has 0 rings (SSSR count). The number of aliphatic hydroxyl groups is 1. The first kappa shape index (κ1) is 18.1. The van der Waals surface area contributed by atoms with Crippen molar-refractivity contribution in [1.82, 2.24) is 4.90 Å². The second-order valence-corrected chi connectivity index (χ2v) is 4.88. The lowest BCUT2D eigenvalue weighted by molar-refractivity contribution is -0.138. The van der Waals surface area contributed by atoms with Crippen LogP contribution in [0.1, 0.15) is 46.5 Å². The minimum absolute atomic E-state index is 0.300. The highest BCUT2D eigenvalue weighted by Crippen LogP contribution is 2.02. The molecule has 0 saturated carbocycles. The van der Waals surface area contributed by atoms with Crippen molar-refractivity contribution < 1.29 is 14.6 Å². The summed E-state index contributed by atoms with van der Waals surface area (Å²) in [6.45, 7) is 8.40. The van der Waals surface area contributed by atoms with Crippen molar-refractivity contribution in [2.75, 3.05) is 26.2 Å². The van der Waals surface area contributed by atoms with E-state index in [4.69, 9.17) is 4.74 Å². The third-order valence-electron chi connectivity index (χ3n) is 2.80. The number of ether oxygens (including phenoxy) is 1. The predicted molar refractivity (Wildman–Crippen MR) is 78.0 cm³/mol. The molecule has 0 bridgehead atoms. The first-order valence-corrected chi connectivity index (χ1v) is 7.30. The molecule has 0 radical (unpaired) electrons. The largest absolute Gasteiger partial charge is 0.461 e. The maximum absolute atomic E-state index is 11.2. The van der Waals surface area contributed by atoms with Gasteiger partial charge in [-0.3, -0.25) is 4.90 Å². The van der Waals surface area contributed by atoms with E-state index >= 15 is 0 Å². The highest BCUT2D eigenvalue weighted by Gasteiger charge is 2.08. The number of esters is 1. The lowest BCUT2D eigenvalue weighted by Gasteiger charge is -2.23. The Bertz CT molecular complexity index is 252. The van der Waals surface area contributed by atoms with Crippen molar-refractivity contribution in [3.05, 3.63) is 12.2 Å². The fourth-order valence-corrected chi connectivity index (χ4v) is 1.89. The second-order valence-electron chi connectivity index (χ2n) is 4.88. The van der Waals surface area contributed by atoms with Gasteiger partial charge in [0.25, 0.3) is 0 Å². The van der Waals surface area contributed by atoms with Crippen molar-refractivity contribution in [3.63, 3.8) is 0 Å². The van der Waals surface area contributed by atoms with Crippen molar-refractivity contribution >= 4 is 5.97 Å². The van der Waals surface area contributed by atoms with Gasteiger partial charge in [0.05, 0.1) is 6.10 Å². The highest BCUT2D eigenvalue weighted by atomic mass is 16.5. The van der Waals surface area contributed by atoms with Crippen molar-refractivity contribution in [2.45, 2.75) is 52.6 Å². The van der Waals surface area contributed by atoms with Crippen LogP contribution in [-0.2, 0) is 9.53 Å². The van der Waals surface area contributed by atoms with Crippen LogP contribution in [0.25, 0.3) is 0 Å². The molecular weight excluding hydrogens is 242 g/mol. The van der Waals surface area contributed by atoms with Gasteiger partial charge in [-0.15, -0.1) is 0 Å². The summed E-state index contributed by atoms with van der Waals surface area (Å²) in [7, 11) is 0. The average Bonchev–Trinajstić information content (AvgIpc) is 2.34. The Labute approximate surface area is 117 Å². The molecule has 0 aliphatic rings. The molecule has 0 aromatic carbocycles.